The van der Waals surface area contributed by atoms with Crippen LogP contribution in [0, 0.1) is 0 Å². The third-order valence-corrected chi connectivity index (χ3v) is 2.92. The standard InChI is InChI=1S/C15H28ClNO2/c1-5-6-7-8-9-10-13(11-16)12-17-14(18)19-15(2,3)4/h11H,5-10,12H2,1-4H3,(H,17,18)/b13-11-. The second-order valence-corrected chi connectivity index (χ2v) is 6.01. The number of ether oxygens (including phenoxy) is 1. The van der Waals surface area contributed by atoms with Crippen molar-refractivity contribution in [1.29, 1.82) is 0 Å². The zero-order chi connectivity index (χ0) is 14.7. The van der Waals surface area contributed by atoms with Gasteiger partial charge < -0.3 is 10.1 Å². The molecular weight excluding hydrogens is 262 g/mol. The highest BCUT2D eigenvalue weighted by Crippen LogP contribution is 2.12. The summed E-state index contributed by atoms with van der Waals surface area (Å²) in [5, 5.41) is 2.73. The van der Waals surface area contributed by atoms with E-state index in [4.69, 9.17) is 16.3 Å². The number of carbonyl (C=O) groups is 1. The van der Waals surface area contributed by atoms with Crippen LogP contribution in [0.25, 0.3) is 0 Å². The van der Waals surface area contributed by atoms with Gasteiger partial charge in [0.25, 0.3) is 0 Å². The maximum atomic E-state index is 11.5. The number of halogens is 1. The summed E-state index contributed by atoms with van der Waals surface area (Å²) in [6.07, 6.45) is 6.68. The number of nitrogens with one attached hydrogen (secondary N) is 1. The van der Waals surface area contributed by atoms with E-state index in [2.05, 4.69) is 12.2 Å². The van der Waals surface area contributed by atoms with Crippen LogP contribution in [0.5, 0.6) is 0 Å². The maximum Gasteiger partial charge on any atom is 0.407 e. The summed E-state index contributed by atoms with van der Waals surface area (Å²) in [6, 6.07) is 0. The van der Waals surface area contributed by atoms with Crippen LogP contribution in [0.3, 0.4) is 0 Å². The van der Waals surface area contributed by atoms with Crippen molar-refractivity contribution in [2.45, 2.75) is 71.8 Å². The molecule has 0 aromatic carbocycles. The molecule has 0 unspecified atom stereocenters. The zero-order valence-corrected chi connectivity index (χ0v) is 13.5. The Balaban J connectivity index is 3.79. The first kappa shape index (κ1) is 18.3. The average Bonchev–Trinajstić information content (AvgIpc) is 2.30. The van der Waals surface area contributed by atoms with Crippen LogP contribution in [0.2, 0.25) is 0 Å². The Labute approximate surface area is 122 Å². The highest BCUT2D eigenvalue weighted by atomic mass is 35.5. The number of amides is 1. The van der Waals surface area contributed by atoms with E-state index in [1.165, 1.54) is 25.7 Å². The van der Waals surface area contributed by atoms with E-state index >= 15 is 0 Å². The first-order chi connectivity index (χ1) is 8.89. The predicted octanol–water partition coefficient (Wildman–Crippen LogP) is 4.99. The molecule has 0 rings (SSSR count). The molecule has 0 heterocycles. The van der Waals surface area contributed by atoms with Crippen molar-refractivity contribution in [1.82, 2.24) is 5.32 Å². The van der Waals surface area contributed by atoms with Gasteiger partial charge in [-0.05, 0) is 39.2 Å². The van der Waals surface area contributed by atoms with Gasteiger partial charge in [-0.1, -0.05) is 44.2 Å². The molecular formula is C15H28ClNO2. The Kier molecular flexibility index (Phi) is 9.76. The monoisotopic (exact) mass is 289 g/mol. The van der Waals surface area contributed by atoms with Gasteiger partial charge in [-0.3, -0.25) is 0 Å². The SMILES string of the molecule is CCCCCCC/C(=C/Cl)CNC(=O)OC(C)(C)C. The van der Waals surface area contributed by atoms with E-state index in [0.717, 1.165) is 18.4 Å². The van der Waals surface area contributed by atoms with Crippen molar-refractivity contribution in [2.24, 2.45) is 0 Å². The molecule has 0 atom stereocenters. The lowest BCUT2D eigenvalue weighted by atomic mass is 10.1. The van der Waals surface area contributed by atoms with Crippen molar-refractivity contribution < 1.29 is 9.53 Å². The lowest BCUT2D eigenvalue weighted by molar-refractivity contribution is 0.0532. The second kappa shape index (κ2) is 10.1. The number of rotatable bonds is 8. The summed E-state index contributed by atoms with van der Waals surface area (Å²) >= 11 is 5.77. The smallest absolute Gasteiger partial charge is 0.407 e. The van der Waals surface area contributed by atoms with Crippen LogP contribution in [0.1, 0.15) is 66.2 Å². The summed E-state index contributed by atoms with van der Waals surface area (Å²) in [6.45, 7) is 8.21. The molecule has 112 valence electrons. The maximum absolute atomic E-state index is 11.5. The van der Waals surface area contributed by atoms with E-state index in [1.54, 1.807) is 5.54 Å². The topological polar surface area (TPSA) is 38.3 Å². The Morgan fingerprint density at radius 2 is 1.84 bits per heavy atom. The van der Waals surface area contributed by atoms with Gasteiger partial charge in [0, 0.05) is 12.1 Å². The Morgan fingerprint density at radius 3 is 2.37 bits per heavy atom. The van der Waals surface area contributed by atoms with Crippen LogP contribution in [0.15, 0.2) is 11.1 Å². The molecule has 0 saturated heterocycles. The van der Waals surface area contributed by atoms with Gasteiger partial charge in [-0.15, -0.1) is 0 Å². The van der Waals surface area contributed by atoms with Crippen molar-refractivity contribution in [3.05, 3.63) is 11.1 Å². The van der Waals surface area contributed by atoms with Gasteiger partial charge in [-0.2, -0.15) is 0 Å². The quantitative estimate of drug-likeness (QED) is 0.639. The van der Waals surface area contributed by atoms with Crippen molar-refractivity contribution in [3.8, 4) is 0 Å². The van der Waals surface area contributed by atoms with Crippen LogP contribution >= 0.6 is 11.6 Å². The molecule has 3 nitrogen and oxygen atoms in total. The predicted molar refractivity (Wildman–Crippen MR) is 81.5 cm³/mol. The summed E-state index contributed by atoms with van der Waals surface area (Å²) < 4.78 is 5.17. The molecule has 0 saturated carbocycles. The van der Waals surface area contributed by atoms with Crippen LogP contribution in [-0.4, -0.2) is 18.2 Å². The van der Waals surface area contributed by atoms with Gasteiger partial charge >= 0.3 is 6.09 Å². The molecule has 0 bridgehead atoms. The number of alkyl carbamates (subject to hydrolysis) is 1. The molecule has 0 aliphatic carbocycles. The zero-order valence-electron chi connectivity index (χ0n) is 12.7. The van der Waals surface area contributed by atoms with E-state index in [-0.39, 0.29) is 0 Å². The van der Waals surface area contributed by atoms with Crippen LogP contribution in [0.4, 0.5) is 4.79 Å². The molecule has 0 spiro atoms. The van der Waals surface area contributed by atoms with Gasteiger partial charge in [0.15, 0.2) is 0 Å². The Hall–Kier alpha value is -0.700. The third-order valence-electron chi connectivity index (χ3n) is 2.61. The fourth-order valence-electron chi connectivity index (χ4n) is 1.64. The first-order valence-corrected chi connectivity index (χ1v) is 7.57. The molecule has 4 heteroatoms. The summed E-state index contributed by atoms with van der Waals surface area (Å²) in [5.74, 6) is 0. The minimum Gasteiger partial charge on any atom is -0.444 e. The van der Waals surface area contributed by atoms with Gasteiger partial charge in [0.2, 0.25) is 0 Å². The minimum atomic E-state index is -0.463. The Morgan fingerprint density at radius 1 is 1.21 bits per heavy atom. The molecule has 1 amide bonds. The van der Waals surface area contributed by atoms with Gasteiger partial charge in [0.1, 0.15) is 5.60 Å². The molecule has 1 N–H and O–H groups in total. The molecule has 0 aliphatic heterocycles. The molecule has 19 heavy (non-hydrogen) atoms. The molecule has 0 aliphatic rings. The van der Waals surface area contributed by atoms with E-state index < -0.39 is 11.7 Å². The minimum absolute atomic E-state index is 0.394. The van der Waals surface area contributed by atoms with Crippen LogP contribution in [-0.2, 0) is 4.74 Å². The highest BCUT2D eigenvalue weighted by Gasteiger charge is 2.15. The second-order valence-electron chi connectivity index (χ2n) is 5.79. The van der Waals surface area contributed by atoms with E-state index in [0.29, 0.717) is 6.54 Å². The third kappa shape index (κ3) is 12.1. The fourth-order valence-corrected chi connectivity index (χ4v) is 1.82. The largest absolute Gasteiger partial charge is 0.444 e. The number of hydrogen-bond acceptors (Lipinski definition) is 2. The molecule has 0 radical (unpaired) electrons. The van der Waals surface area contributed by atoms with E-state index in [1.807, 2.05) is 20.8 Å². The van der Waals surface area contributed by atoms with Crippen molar-refractivity contribution in [2.75, 3.05) is 6.54 Å². The summed E-state index contributed by atoms with van der Waals surface area (Å²) in [7, 11) is 0. The highest BCUT2D eigenvalue weighted by molar-refractivity contribution is 6.25. The summed E-state index contributed by atoms with van der Waals surface area (Å²) in [4.78, 5) is 11.5. The van der Waals surface area contributed by atoms with Gasteiger partial charge in [0.05, 0.1) is 0 Å². The number of unbranched alkanes of at least 4 members (excludes halogenated alkanes) is 4. The molecule has 0 aromatic heterocycles. The van der Waals surface area contributed by atoms with E-state index in [9.17, 15) is 4.79 Å². The van der Waals surface area contributed by atoms with Crippen LogP contribution < -0.4 is 5.32 Å². The average molecular weight is 290 g/mol. The Bertz CT molecular complexity index is 282. The lowest BCUT2D eigenvalue weighted by Crippen LogP contribution is -2.33. The molecule has 0 aromatic rings. The molecule has 0 fully saturated rings. The summed E-state index contributed by atoms with van der Waals surface area (Å²) in [5.41, 5.74) is 2.15. The van der Waals surface area contributed by atoms with Crippen molar-refractivity contribution >= 4 is 17.7 Å². The fraction of sp³-hybridized carbons (Fsp3) is 0.800. The lowest BCUT2D eigenvalue weighted by Gasteiger charge is -2.20. The normalized spacial score (nSPS) is 12.4. The first-order valence-electron chi connectivity index (χ1n) is 7.14. The number of hydrogen-bond donors (Lipinski definition) is 1. The number of carbonyl (C=O) groups excluding carboxylic acids is 1. The van der Waals surface area contributed by atoms with Crippen molar-refractivity contribution in [3.63, 3.8) is 0 Å². The van der Waals surface area contributed by atoms with Gasteiger partial charge in [-0.25, -0.2) is 4.79 Å².